The minimum Gasteiger partial charge on any atom is -0.496 e. The molecule has 2 rings (SSSR count). The molecule has 0 atom stereocenters. The maximum absolute atomic E-state index is 11.8. The predicted octanol–water partition coefficient (Wildman–Crippen LogP) is 3.68. The number of hydrogen-bond acceptors (Lipinski definition) is 5. The van der Waals surface area contributed by atoms with E-state index in [1.807, 2.05) is 37.3 Å². The summed E-state index contributed by atoms with van der Waals surface area (Å²) in [7, 11) is 1.57. The van der Waals surface area contributed by atoms with Crippen molar-refractivity contribution in [1.82, 2.24) is 5.32 Å². The van der Waals surface area contributed by atoms with Gasteiger partial charge in [-0.25, -0.2) is 0 Å². The van der Waals surface area contributed by atoms with Gasteiger partial charge in [0.1, 0.15) is 11.5 Å². The van der Waals surface area contributed by atoms with Crippen molar-refractivity contribution >= 4 is 23.5 Å². The van der Waals surface area contributed by atoms with Crippen molar-refractivity contribution in [3.05, 3.63) is 58.6 Å². The molecule has 0 saturated carbocycles. The third kappa shape index (κ3) is 7.12. The number of aryl methyl sites for hydroxylation is 1. The van der Waals surface area contributed by atoms with E-state index in [1.54, 1.807) is 19.2 Å². The molecule has 2 aromatic carbocycles. The third-order valence-electron chi connectivity index (χ3n) is 3.96. The van der Waals surface area contributed by atoms with E-state index in [4.69, 9.17) is 25.8 Å². The van der Waals surface area contributed by atoms with Crippen LogP contribution in [0.15, 0.2) is 42.5 Å². The van der Waals surface area contributed by atoms with Crippen LogP contribution in [0.4, 0.5) is 0 Å². The van der Waals surface area contributed by atoms with Gasteiger partial charge in [-0.3, -0.25) is 9.59 Å². The molecule has 2 aromatic rings. The van der Waals surface area contributed by atoms with Gasteiger partial charge in [0.25, 0.3) is 5.91 Å². The number of halogens is 1. The number of hydrogen-bond donors (Lipinski definition) is 1. The monoisotopic (exact) mass is 405 g/mol. The minimum atomic E-state index is -0.441. The molecular formula is C21H24ClNO5. The van der Waals surface area contributed by atoms with Crippen molar-refractivity contribution in [1.29, 1.82) is 0 Å². The van der Waals surface area contributed by atoms with Crippen molar-refractivity contribution in [2.75, 3.05) is 20.3 Å². The lowest BCUT2D eigenvalue weighted by Crippen LogP contribution is -2.28. The number of amides is 1. The summed E-state index contributed by atoms with van der Waals surface area (Å²) in [6, 6.07) is 12.8. The van der Waals surface area contributed by atoms with Gasteiger partial charge in [-0.1, -0.05) is 29.8 Å². The van der Waals surface area contributed by atoms with Crippen LogP contribution >= 0.6 is 11.6 Å². The highest BCUT2D eigenvalue weighted by Crippen LogP contribution is 2.21. The number of carbonyl (C=O) groups is 2. The summed E-state index contributed by atoms with van der Waals surface area (Å²) < 4.78 is 15.8. The number of nitrogens with one attached hydrogen (secondary N) is 1. The number of methoxy groups -OCH3 is 1. The summed E-state index contributed by atoms with van der Waals surface area (Å²) >= 11 is 5.96. The Kier molecular flexibility index (Phi) is 8.62. The van der Waals surface area contributed by atoms with Crippen molar-refractivity contribution in [3.63, 3.8) is 0 Å². The Labute approximate surface area is 169 Å². The van der Waals surface area contributed by atoms with Crippen LogP contribution in [0.1, 0.15) is 24.0 Å². The van der Waals surface area contributed by atoms with Gasteiger partial charge in [-0.05, 0) is 43.2 Å². The smallest absolute Gasteiger partial charge is 0.306 e. The molecular weight excluding hydrogens is 382 g/mol. The minimum absolute atomic E-state index is 0.173. The molecule has 0 bridgehead atoms. The van der Waals surface area contributed by atoms with Crippen LogP contribution in [0.5, 0.6) is 11.5 Å². The van der Waals surface area contributed by atoms with Crippen LogP contribution in [0, 0.1) is 6.92 Å². The van der Waals surface area contributed by atoms with Crippen molar-refractivity contribution in [2.24, 2.45) is 0 Å². The van der Waals surface area contributed by atoms with Crippen LogP contribution in [-0.2, 0) is 20.9 Å². The Hall–Kier alpha value is -2.73. The molecule has 0 heterocycles. The summed E-state index contributed by atoms with van der Waals surface area (Å²) in [6.45, 7) is 2.25. The lowest BCUT2D eigenvalue weighted by molar-refractivity contribution is -0.148. The van der Waals surface area contributed by atoms with Crippen LogP contribution in [-0.4, -0.2) is 32.2 Å². The molecule has 0 aromatic heterocycles. The van der Waals surface area contributed by atoms with Crippen molar-refractivity contribution in [3.8, 4) is 11.5 Å². The molecule has 0 saturated heterocycles. The van der Waals surface area contributed by atoms with Gasteiger partial charge in [0.05, 0.1) is 13.7 Å². The van der Waals surface area contributed by atoms with E-state index in [0.29, 0.717) is 36.1 Å². The maximum Gasteiger partial charge on any atom is 0.306 e. The second-order valence-corrected chi connectivity index (χ2v) is 6.52. The van der Waals surface area contributed by atoms with Gasteiger partial charge in [-0.15, -0.1) is 0 Å². The molecule has 7 heteroatoms. The van der Waals surface area contributed by atoms with Gasteiger partial charge < -0.3 is 19.5 Å². The Morgan fingerprint density at radius 1 is 1.14 bits per heavy atom. The molecule has 0 aliphatic carbocycles. The Balaban J connectivity index is 1.61. The number of rotatable bonds is 10. The van der Waals surface area contributed by atoms with Gasteiger partial charge in [0.2, 0.25) is 0 Å². The lowest BCUT2D eigenvalue weighted by Gasteiger charge is -2.10. The van der Waals surface area contributed by atoms with Crippen LogP contribution in [0.2, 0.25) is 5.02 Å². The largest absolute Gasteiger partial charge is 0.496 e. The highest BCUT2D eigenvalue weighted by molar-refractivity contribution is 6.31. The first kappa shape index (κ1) is 21.6. The topological polar surface area (TPSA) is 73.9 Å². The second-order valence-electron chi connectivity index (χ2n) is 6.11. The van der Waals surface area contributed by atoms with Crippen molar-refractivity contribution in [2.45, 2.75) is 26.3 Å². The Morgan fingerprint density at radius 2 is 1.93 bits per heavy atom. The molecule has 0 aliphatic heterocycles. The van der Waals surface area contributed by atoms with E-state index < -0.39 is 5.97 Å². The number of ether oxygens (including phenoxy) is 3. The summed E-state index contributed by atoms with van der Waals surface area (Å²) in [6.07, 6.45) is 0.662. The molecule has 0 radical (unpaired) electrons. The second kappa shape index (κ2) is 11.2. The predicted molar refractivity (Wildman–Crippen MR) is 107 cm³/mol. The van der Waals surface area contributed by atoms with Crippen molar-refractivity contribution < 1.29 is 23.8 Å². The summed E-state index contributed by atoms with van der Waals surface area (Å²) in [5.74, 6) is 0.581. The van der Waals surface area contributed by atoms with E-state index >= 15 is 0 Å². The van der Waals surface area contributed by atoms with Gasteiger partial charge in [0, 0.05) is 23.6 Å². The number of carbonyl (C=O) groups excluding carboxylic acids is 2. The normalized spacial score (nSPS) is 10.2. The third-order valence-corrected chi connectivity index (χ3v) is 4.38. The van der Waals surface area contributed by atoms with E-state index in [0.717, 1.165) is 11.1 Å². The van der Waals surface area contributed by atoms with Crippen LogP contribution in [0.3, 0.4) is 0 Å². The molecule has 150 valence electrons. The van der Waals surface area contributed by atoms with E-state index in [-0.39, 0.29) is 18.9 Å². The zero-order valence-electron chi connectivity index (χ0n) is 16.0. The first-order valence-corrected chi connectivity index (χ1v) is 9.30. The van der Waals surface area contributed by atoms with Gasteiger partial charge in [-0.2, -0.15) is 0 Å². The molecule has 0 unspecified atom stereocenters. The maximum atomic E-state index is 11.8. The molecule has 6 nitrogen and oxygen atoms in total. The fourth-order valence-electron chi connectivity index (χ4n) is 2.43. The average molecular weight is 406 g/mol. The summed E-state index contributed by atoms with van der Waals surface area (Å²) in [5.41, 5.74) is 1.77. The fourth-order valence-corrected chi connectivity index (χ4v) is 2.54. The molecule has 28 heavy (non-hydrogen) atoms. The standard InChI is InChI=1S/C21H24ClNO5/c1-15-12-17(9-10-18(15)22)27-11-5-8-21(25)28-14-20(24)23-13-16-6-3-4-7-19(16)26-2/h3-4,6-7,9-10,12H,5,8,11,13-14H2,1-2H3,(H,23,24). The summed E-state index contributed by atoms with van der Waals surface area (Å²) in [5, 5.41) is 3.38. The van der Waals surface area contributed by atoms with Gasteiger partial charge >= 0.3 is 5.97 Å². The summed E-state index contributed by atoms with van der Waals surface area (Å²) in [4.78, 5) is 23.6. The SMILES string of the molecule is COc1ccccc1CNC(=O)COC(=O)CCCOc1ccc(Cl)c(C)c1. The van der Waals surface area contributed by atoms with E-state index in [2.05, 4.69) is 5.32 Å². The van der Waals surface area contributed by atoms with E-state index in [9.17, 15) is 9.59 Å². The quantitative estimate of drug-likeness (QED) is 0.482. The number of para-hydroxylation sites is 1. The number of esters is 1. The molecule has 0 fully saturated rings. The molecule has 0 spiro atoms. The van der Waals surface area contributed by atoms with E-state index in [1.165, 1.54) is 0 Å². The average Bonchev–Trinajstić information content (AvgIpc) is 2.70. The Morgan fingerprint density at radius 3 is 2.68 bits per heavy atom. The van der Waals surface area contributed by atoms with Crippen LogP contribution in [0.25, 0.3) is 0 Å². The first-order valence-electron chi connectivity index (χ1n) is 8.92. The number of benzene rings is 2. The highest BCUT2D eigenvalue weighted by atomic mass is 35.5. The Bertz CT molecular complexity index is 809. The molecule has 0 aliphatic rings. The zero-order chi connectivity index (χ0) is 20.4. The highest BCUT2D eigenvalue weighted by Gasteiger charge is 2.09. The first-order chi connectivity index (χ1) is 13.5. The molecule has 1 N–H and O–H groups in total. The zero-order valence-corrected chi connectivity index (χ0v) is 16.8. The van der Waals surface area contributed by atoms with Crippen LogP contribution < -0.4 is 14.8 Å². The lowest BCUT2D eigenvalue weighted by atomic mass is 10.2. The van der Waals surface area contributed by atoms with Gasteiger partial charge in [0.15, 0.2) is 6.61 Å². The molecule has 1 amide bonds. The fraction of sp³-hybridized carbons (Fsp3) is 0.333.